The number of nitrogens with zero attached hydrogens (tertiary/aromatic N) is 1. The maximum atomic E-state index is 8.88. The second kappa shape index (κ2) is 10.3. The van der Waals surface area contributed by atoms with Gasteiger partial charge in [0, 0.05) is 5.56 Å². The van der Waals surface area contributed by atoms with Crippen molar-refractivity contribution in [1.82, 2.24) is 4.48 Å². The summed E-state index contributed by atoms with van der Waals surface area (Å²) in [5, 5.41) is 0. The van der Waals surface area contributed by atoms with E-state index in [1.807, 2.05) is 0 Å². The Kier molecular flexibility index (Phi) is 7.53. The molecule has 0 aromatic heterocycles. The molecule has 0 saturated carbocycles. The van der Waals surface area contributed by atoms with Gasteiger partial charge in [0.15, 0.2) is 0 Å². The van der Waals surface area contributed by atoms with E-state index in [4.69, 9.17) is 19.2 Å². The minimum absolute atomic E-state index is 0.659. The van der Waals surface area contributed by atoms with E-state index in [1.54, 1.807) is 0 Å². The fraction of sp³-hybridized carbons (Fsp3) is 0.0400. The van der Waals surface area contributed by atoms with Crippen LogP contribution < -0.4 is 4.48 Å². The van der Waals surface area contributed by atoms with Crippen LogP contribution in [0, 0.1) is 0 Å². The molecule has 6 heteroatoms. The van der Waals surface area contributed by atoms with Crippen molar-refractivity contribution in [2.45, 2.75) is 6.54 Å². The summed E-state index contributed by atoms with van der Waals surface area (Å²) in [4.78, 5) is 21.6. The van der Waals surface area contributed by atoms with Crippen LogP contribution in [-0.2, 0) is 11.1 Å². The Morgan fingerprint density at radius 1 is 0.516 bits per heavy atom. The van der Waals surface area contributed by atoms with E-state index >= 15 is 0 Å². The van der Waals surface area contributed by atoms with Crippen LogP contribution in [0.1, 0.15) is 5.56 Å². The molecule has 0 bridgehead atoms. The minimum atomic E-state index is -4.64. The van der Waals surface area contributed by atoms with Crippen LogP contribution in [-0.4, -0.2) is 14.7 Å². The summed E-state index contributed by atoms with van der Waals surface area (Å²) in [5.41, 5.74) is 5.08. The van der Waals surface area contributed by atoms with E-state index in [2.05, 4.69) is 121 Å². The van der Waals surface area contributed by atoms with Crippen molar-refractivity contribution in [1.29, 1.82) is 0 Å². The number of hydrogen-bond acceptors (Lipinski definition) is 1. The number of benzene rings is 4. The molecule has 0 unspecified atom stereocenters. The topological polar surface area (TPSA) is 77.8 Å². The van der Waals surface area contributed by atoms with Crippen molar-refractivity contribution in [2.24, 2.45) is 0 Å². The fourth-order valence-electron chi connectivity index (χ4n) is 3.63. The molecule has 0 saturated heterocycles. The normalized spacial score (nSPS) is 11.3. The van der Waals surface area contributed by atoms with Crippen LogP contribution in [0.2, 0.25) is 0 Å². The molecule has 4 aromatic carbocycles. The Balaban J connectivity index is 0.000000491. The van der Waals surface area contributed by atoms with E-state index in [-0.39, 0.29) is 0 Å². The Labute approximate surface area is 182 Å². The number of hydrogen-bond donors (Lipinski definition) is 3. The summed E-state index contributed by atoms with van der Waals surface area (Å²) < 4.78 is 9.54. The zero-order valence-corrected chi connectivity index (χ0v) is 17.8. The maximum Gasteiger partial charge on any atom is 0.466 e. The minimum Gasteiger partial charge on any atom is -0.303 e. The molecule has 0 heterocycles. The van der Waals surface area contributed by atoms with Crippen molar-refractivity contribution in [3.05, 3.63) is 127 Å². The van der Waals surface area contributed by atoms with E-state index in [0.717, 1.165) is 6.54 Å². The van der Waals surface area contributed by atoms with Gasteiger partial charge >= 0.3 is 7.82 Å². The van der Waals surface area contributed by atoms with E-state index in [1.165, 1.54) is 22.6 Å². The predicted molar refractivity (Wildman–Crippen MR) is 125 cm³/mol. The van der Waals surface area contributed by atoms with Crippen LogP contribution in [0.3, 0.4) is 0 Å². The highest BCUT2D eigenvalue weighted by molar-refractivity contribution is 7.45. The Morgan fingerprint density at radius 3 is 1.06 bits per heavy atom. The van der Waals surface area contributed by atoms with Crippen molar-refractivity contribution in [3.8, 4) is 0 Å². The van der Waals surface area contributed by atoms with Gasteiger partial charge in [0.25, 0.3) is 0 Å². The Morgan fingerprint density at radius 2 is 0.774 bits per heavy atom. The largest absolute Gasteiger partial charge is 0.466 e. The van der Waals surface area contributed by atoms with Crippen LogP contribution in [0.15, 0.2) is 121 Å². The van der Waals surface area contributed by atoms with Gasteiger partial charge in [-0.25, -0.2) is 9.05 Å². The molecule has 4 aromatic rings. The molecule has 0 amide bonds. The summed E-state index contributed by atoms with van der Waals surface area (Å²) >= 11 is 0. The first-order valence-electron chi connectivity index (χ1n) is 9.77. The first-order valence-corrected chi connectivity index (χ1v) is 11.3. The lowest BCUT2D eigenvalue weighted by Crippen LogP contribution is -2.38. The van der Waals surface area contributed by atoms with Gasteiger partial charge in [-0.1, -0.05) is 84.9 Å². The van der Waals surface area contributed by atoms with Gasteiger partial charge in [-0.3, -0.25) is 0 Å². The van der Waals surface area contributed by atoms with Gasteiger partial charge in [-0.15, -0.1) is 0 Å². The maximum absolute atomic E-state index is 8.88. The van der Waals surface area contributed by atoms with E-state index in [9.17, 15) is 0 Å². The highest BCUT2D eigenvalue weighted by Gasteiger charge is 2.36. The van der Waals surface area contributed by atoms with Crippen molar-refractivity contribution >= 4 is 24.9 Å². The molecule has 0 fully saturated rings. The Hall–Kier alpha value is -3.05. The van der Waals surface area contributed by atoms with Crippen LogP contribution >= 0.6 is 7.82 Å². The second-order valence-corrected chi connectivity index (χ2v) is 8.00. The van der Waals surface area contributed by atoms with Gasteiger partial charge in [0.2, 0.25) is 0 Å². The lowest BCUT2D eigenvalue weighted by atomic mass is 10.1. The average Bonchev–Trinajstić information content (AvgIpc) is 2.79. The van der Waals surface area contributed by atoms with Gasteiger partial charge in [-0.2, -0.15) is 0 Å². The first-order chi connectivity index (χ1) is 14.9. The summed E-state index contributed by atoms with van der Waals surface area (Å²) in [6.45, 7) is 0.860. The van der Waals surface area contributed by atoms with E-state index in [0.29, 0.717) is 4.48 Å². The zero-order chi connectivity index (χ0) is 22.2. The van der Waals surface area contributed by atoms with Crippen molar-refractivity contribution in [3.63, 3.8) is 0 Å². The van der Waals surface area contributed by atoms with Gasteiger partial charge < -0.3 is 14.7 Å². The lowest BCUT2D eigenvalue weighted by molar-refractivity contribution is 0.275. The molecule has 0 aliphatic rings. The quantitative estimate of drug-likeness (QED) is 0.269. The number of para-hydroxylation sites is 3. The predicted octanol–water partition coefficient (Wildman–Crippen LogP) is 5.93. The third-order valence-electron chi connectivity index (χ3n) is 4.85. The standard InChI is InChI=1S/C25H22N.H3O4P/c1-5-13-22(14-6-1)21-26(23-15-7-2-8-16-23,24-17-9-3-10-18-24)25-19-11-4-12-20-25;1-5(2,3)4/h1-20H,21H2;(H3,1,2,3,4)/q+1;. The number of rotatable bonds is 5. The first kappa shape index (κ1) is 22.6. The van der Waals surface area contributed by atoms with Crippen LogP contribution in [0.5, 0.6) is 0 Å². The molecule has 0 spiro atoms. The van der Waals surface area contributed by atoms with Crippen LogP contribution in [0.25, 0.3) is 0 Å². The van der Waals surface area contributed by atoms with Crippen LogP contribution in [0.4, 0.5) is 17.1 Å². The van der Waals surface area contributed by atoms with Gasteiger partial charge in [0.1, 0.15) is 23.6 Å². The third-order valence-corrected chi connectivity index (χ3v) is 4.85. The molecule has 0 atom stereocenters. The SMILES string of the molecule is O=P(O)(O)O.c1ccc(C[N+](c2ccccc2)(c2ccccc2)c2ccccc2)cc1. The molecule has 31 heavy (non-hydrogen) atoms. The molecule has 3 N–H and O–H groups in total. The number of quaternary nitrogens is 1. The fourth-order valence-corrected chi connectivity index (χ4v) is 3.63. The monoisotopic (exact) mass is 434 g/mol. The highest BCUT2D eigenvalue weighted by Crippen LogP contribution is 2.45. The molecule has 4 rings (SSSR count). The van der Waals surface area contributed by atoms with Gasteiger partial charge in [-0.05, 0) is 36.4 Å². The molecule has 0 radical (unpaired) electrons. The smallest absolute Gasteiger partial charge is 0.303 e. The lowest BCUT2D eigenvalue weighted by Gasteiger charge is -2.37. The average molecular weight is 434 g/mol. The van der Waals surface area contributed by atoms with Crippen molar-refractivity contribution in [2.75, 3.05) is 0 Å². The second-order valence-electron chi connectivity index (χ2n) is 6.97. The summed E-state index contributed by atoms with van der Waals surface area (Å²) in [6, 6.07) is 43.1. The summed E-state index contributed by atoms with van der Waals surface area (Å²) in [6.07, 6.45) is 0. The molecular weight excluding hydrogens is 409 g/mol. The van der Waals surface area contributed by atoms with Crippen molar-refractivity contribution < 1.29 is 19.2 Å². The molecular formula is C25H25NO4P+. The van der Waals surface area contributed by atoms with E-state index < -0.39 is 7.82 Å². The molecule has 5 nitrogen and oxygen atoms in total. The van der Waals surface area contributed by atoms with Gasteiger partial charge in [0.05, 0.1) is 0 Å². The zero-order valence-electron chi connectivity index (χ0n) is 16.9. The third kappa shape index (κ3) is 6.22. The summed E-state index contributed by atoms with van der Waals surface area (Å²) in [7, 11) is -4.64. The highest BCUT2D eigenvalue weighted by atomic mass is 31.2. The molecule has 0 aliphatic carbocycles. The number of phosphoric acid groups is 1. The summed E-state index contributed by atoms with van der Waals surface area (Å²) in [5.74, 6) is 0. The molecule has 158 valence electrons. The molecule has 0 aliphatic heterocycles. The Bertz CT molecular complexity index is 996.